The van der Waals surface area contributed by atoms with E-state index in [1.807, 2.05) is 0 Å². The molecule has 0 amide bonds. The van der Waals surface area contributed by atoms with Crippen molar-refractivity contribution >= 4 is 0 Å². The van der Waals surface area contributed by atoms with Crippen LogP contribution in [0.5, 0.6) is 0 Å². The van der Waals surface area contributed by atoms with Crippen molar-refractivity contribution < 1.29 is 0 Å². The zero-order chi connectivity index (χ0) is 12.3. The van der Waals surface area contributed by atoms with Crippen molar-refractivity contribution in [3.05, 3.63) is 0 Å². The summed E-state index contributed by atoms with van der Waals surface area (Å²) in [6.07, 6.45) is 6.53. The van der Waals surface area contributed by atoms with E-state index in [0.29, 0.717) is 6.04 Å². The summed E-state index contributed by atoms with van der Waals surface area (Å²) in [5.74, 6) is 0. The monoisotopic (exact) mass is 239 g/mol. The molecule has 1 heterocycles. The van der Waals surface area contributed by atoms with Gasteiger partial charge < -0.3 is 5.73 Å². The zero-order valence-electron chi connectivity index (χ0n) is 11.6. The molecule has 3 heteroatoms. The molecule has 2 fully saturated rings. The number of nitrogens with two attached hydrogens (primary N) is 1. The summed E-state index contributed by atoms with van der Waals surface area (Å²) in [7, 11) is 0. The maximum Gasteiger partial charge on any atom is 0.0283 e. The minimum atomic E-state index is 0.123. The molecule has 0 aromatic carbocycles. The Balaban J connectivity index is 1.77. The predicted octanol–water partition coefficient (Wildman–Crippen LogP) is 1.67. The summed E-state index contributed by atoms with van der Waals surface area (Å²) in [5.41, 5.74) is 6.65. The first-order valence-corrected chi connectivity index (χ1v) is 7.34. The zero-order valence-corrected chi connectivity index (χ0v) is 11.6. The molecule has 1 saturated heterocycles. The SMILES string of the molecule is CC(C)N1CCN(CC2(N)CCCCC2)CC1. The molecule has 0 aromatic rings. The van der Waals surface area contributed by atoms with Crippen LogP contribution >= 0.6 is 0 Å². The minimum Gasteiger partial charge on any atom is -0.324 e. The van der Waals surface area contributed by atoms with Gasteiger partial charge in [0, 0.05) is 44.3 Å². The van der Waals surface area contributed by atoms with Gasteiger partial charge in [0.25, 0.3) is 0 Å². The van der Waals surface area contributed by atoms with Crippen LogP contribution in [0.25, 0.3) is 0 Å². The summed E-state index contributed by atoms with van der Waals surface area (Å²) in [4.78, 5) is 5.16. The van der Waals surface area contributed by atoms with E-state index in [1.165, 1.54) is 58.3 Å². The molecule has 0 spiro atoms. The van der Waals surface area contributed by atoms with Crippen LogP contribution in [0.3, 0.4) is 0 Å². The summed E-state index contributed by atoms with van der Waals surface area (Å²) < 4.78 is 0. The molecule has 3 nitrogen and oxygen atoms in total. The van der Waals surface area contributed by atoms with Crippen molar-refractivity contribution in [3.8, 4) is 0 Å². The lowest BCUT2D eigenvalue weighted by molar-refractivity contribution is 0.0827. The first-order chi connectivity index (χ1) is 8.09. The highest BCUT2D eigenvalue weighted by Crippen LogP contribution is 2.27. The van der Waals surface area contributed by atoms with Crippen LogP contribution in [0.15, 0.2) is 0 Å². The van der Waals surface area contributed by atoms with Crippen LogP contribution in [0.2, 0.25) is 0 Å². The Morgan fingerprint density at radius 1 is 1.00 bits per heavy atom. The number of rotatable bonds is 3. The highest BCUT2D eigenvalue weighted by molar-refractivity contribution is 4.91. The molecule has 100 valence electrons. The number of piperazine rings is 1. The van der Waals surface area contributed by atoms with E-state index in [4.69, 9.17) is 5.73 Å². The van der Waals surface area contributed by atoms with E-state index < -0.39 is 0 Å². The van der Waals surface area contributed by atoms with Gasteiger partial charge in [-0.05, 0) is 26.7 Å². The van der Waals surface area contributed by atoms with E-state index in [1.54, 1.807) is 0 Å². The van der Waals surface area contributed by atoms with Crippen LogP contribution in [-0.2, 0) is 0 Å². The summed E-state index contributed by atoms with van der Waals surface area (Å²) >= 11 is 0. The Hall–Kier alpha value is -0.120. The van der Waals surface area contributed by atoms with E-state index >= 15 is 0 Å². The Morgan fingerprint density at radius 3 is 2.12 bits per heavy atom. The Kier molecular flexibility index (Phi) is 4.45. The van der Waals surface area contributed by atoms with Crippen molar-refractivity contribution in [2.45, 2.75) is 57.5 Å². The first-order valence-electron chi connectivity index (χ1n) is 7.34. The van der Waals surface area contributed by atoms with Crippen LogP contribution in [0.1, 0.15) is 46.0 Å². The van der Waals surface area contributed by atoms with E-state index in [-0.39, 0.29) is 5.54 Å². The van der Waals surface area contributed by atoms with Gasteiger partial charge in [0.2, 0.25) is 0 Å². The van der Waals surface area contributed by atoms with Gasteiger partial charge in [0.1, 0.15) is 0 Å². The third-order valence-corrected chi connectivity index (χ3v) is 4.53. The van der Waals surface area contributed by atoms with Gasteiger partial charge in [0.05, 0.1) is 0 Å². The van der Waals surface area contributed by atoms with Gasteiger partial charge in [-0.2, -0.15) is 0 Å². The molecular weight excluding hydrogens is 210 g/mol. The maximum atomic E-state index is 6.53. The second-order valence-corrected chi connectivity index (χ2v) is 6.33. The van der Waals surface area contributed by atoms with E-state index in [9.17, 15) is 0 Å². The first kappa shape index (κ1) is 13.3. The summed E-state index contributed by atoms with van der Waals surface area (Å²) in [6.45, 7) is 10.6. The molecule has 1 aliphatic heterocycles. The smallest absolute Gasteiger partial charge is 0.0283 e. The second-order valence-electron chi connectivity index (χ2n) is 6.33. The number of nitrogens with zero attached hydrogens (tertiary/aromatic N) is 2. The normalized spacial score (nSPS) is 27.5. The molecule has 0 aromatic heterocycles. The highest BCUT2D eigenvalue weighted by Gasteiger charge is 2.31. The van der Waals surface area contributed by atoms with Crippen LogP contribution in [0.4, 0.5) is 0 Å². The van der Waals surface area contributed by atoms with Gasteiger partial charge in [-0.1, -0.05) is 19.3 Å². The van der Waals surface area contributed by atoms with Crippen molar-refractivity contribution in [2.24, 2.45) is 5.73 Å². The van der Waals surface area contributed by atoms with Gasteiger partial charge in [-0.3, -0.25) is 9.80 Å². The van der Waals surface area contributed by atoms with Gasteiger partial charge >= 0.3 is 0 Å². The number of hydrogen-bond donors (Lipinski definition) is 1. The van der Waals surface area contributed by atoms with Crippen molar-refractivity contribution in [1.82, 2.24) is 9.80 Å². The Labute approximate surface area is 106 Å². The van der Waals surface area contributed by atoms with Crippen LogP contribution in [0, 0.1) is 0 Å². The van der Waals surface area contributed by atoms with E-state index in [2.05, 4.69) is 23.6 Å². The maximum absolute atomic E-state index is 6.53. The van der Waals surface area contributed by atoms with Gasteiger partial charge in [-0.15, -0.1) is 0 Å². The van der Waals surface area contributed by atoms with Crippen molar-refractivity contribution in [3.63, 3.8) is 0 Å². The topological polar surface area (TPSA) is 32.5 Å². The average molecular weight is 239 g/mol. The Bertz CT molecular complexity index is 226. The molecule has 0 atom stereocenters. The Morgan fingerprint density at radius 2 is 1.59 bits per heavy atom. The lowest BCUT2D eigenvalue weighted by Gasteiger charge is -2.42. The molecule has 1 saturated carbocycles. The predicted molar refractivity (Wildman–Crippen MR) is 73.2 cm³/mol. The highest BCUT2D eigenvalue weighted by atomic mass is 15.3. The quantitative estimate of drug-likeness (QED) is 0.813. The second kappa shape index (κ2) is 5.68. The molecule has 0 radical (unpaired) electrons. The molecule has 2 rings (SSSR count). The third-order valence-electron chi connectivity index (χ3n) is 4.53. The van der Waals surface area contributed by atoms with Crippen molar-refractivity contribution in [1.29, 1.82) is 0 Å². The lowest BCUT2D eigenvalue weighted by atomic mass is 9.82. The van der Waals surface area contributed by atoms with Gasteiger partial charge in [-0.25, -0.2) is 0 Å². The van der Waals surface area contributed by atoms with Crippen LogP contribution < -0.4 is 5.73 Å². The molecule has 2 N–H and O–H groups in total. The third kappa shape index (κ3) is 3.67. The average Bonchev–Trinajstić information content (AvgIpc) is 2.30. The summed E-state index contributed by atoms with van der Waals surface area (Å²) in [5, 5.41) is 0. The largest absolute Gasteiger partial charge is 0.324 e. The molecule has 1 aliphatic carbocycles. The molecule has 0 unspecified atom stereocenters. The molecule has 17 heavy (non-hydrogen) atoms. The summed E-state index contributed by atoms with van der Waals surface area (Å²) in [6, 6.07) is 0.693. The molecular formula is C14H29N3. The van der Waals surface area contributed by atoms with E-state index in [0.717, 1.165) is 6.54 Å². The minimum absolute atomic E-state index is 0.123. The fourth-order valence-electron chi connectivity index (χ4n) is 3.30. The van der Waals surface area contributed by atoms with Crippen LogP contribution in [-0.4, -0.2) is 54.1 Å². The fraction of sp³-hybridized carbons (Fsp3) is 1.00. The number of hydrogen-bond acceptors (Lipinski definition) is 3. The standard InChI is InChI=1S/C14H29N3/c1-13(2)17-10-8-16(9-11-17)12-14(15)6-4-3-5-7-14/h13H,3-12,15H2,1-2H3. The molecule has 2 aliphatic rings. The lowest BCUT2D eigenvalue weighted by Crippen LogP contribution is -2.56. The van der Waals surface area contributed by atoms with Crippen molar-refractivity contribution in [2.75, 3.05) is 32.7 Å². The van der Waals surface area contributed by atoms with Gasteiger partial charge in [0.15, 0.2) is 0 Å². The molecule has 0 bridgehead atoms. The fourth-order valence-corrected chi connectivity index (χ4v) is 3.30.